The number of likely N-dealkylation sites (tertiary alicyclic amines) is 1. The number of hydrogen-bond acceptors (Lipinski definition) is 3. The third kappa shape index (κ3) is 4.49. The highest BCUT2D eigenvalue weighted by Crippen LogP contribution is 2.33. The summed E-state index contributed by atoms with van der Waals surface area (Å²) in [6.07, 6.45) is 0.901. The van der Waals surface area contributed by atoms with Crippen molar-refractivity contribution in [2.75, 3.05) is 40.3 Å². The van der Waals surface area contributed by atoms with E-state index in [2.05, 4.69) is 44.7 Å². The molecular weight excluding hydrogens is 188 g/mol. The van der Waals surface area contributed by atoms with Crippen LogP contribution in [0.4, 0.5) is 0 Å². The van der Waals surface area contributed by atoms with E-state index in [0.29, 0.717) is 0 Å². The van der Waals surface area contributed by atoms with Gasteiger partial charge in [0.1, 0.15) is 0 Å². The molecule has 0 amide bonds. The van der Waals surface area contributed by atoms with Gasteiger partial charge in [-0.2, -0.15) is 0 Å². The van der Waals surface area contributed by atoms with Gasteiger partial charge in [0, 0.05) is 26.2 Å². The first-order chi connectivity index (χ1) is 6.70. The smallest absolute Gasteiger partial charge is 0.0905 e. The average Bonchev–Trinajstić information content (AvgIpc) is 1.92. The molecule has 1 heterocycles. The molecule has 0 bridgehead atoms. The number of aliphatic hydroxyl groups is 1. The van der Waals surface area contributed by atoms with Crippen molar-refractivity contribution >= 4 is 0 Å². The number of likely N-dealkylation sites (N-methyl/N-ethyl adjacent to an activating group) is 1. The molecule has 0 aromatic heterocycles. The summed E-state index contributed by atoms with van der Waals surface area (Å²) in [7, 11) is 4.17. The van der Waals surface area contributed by atoms with Crippen LogP contribution in [-0.2, 0) is 0 Å². The first-order valence-electron chi connectivity index (χ1n) is 5.80. The van der Waals surface area contributed by atoms with Crippen molar-refractivity contribution in [1.29, 1.82) is 0 Å². The summed E-state index contributed by atoms with van der Waals surface area (Å²) in [6.45, 7) is 10.4. The van der Waals surface area contributed by atoms with Crippen LogP contribution in [-0.4, -0.2) is 60.8 Å². The average molecular weight is 214 g/mol. The lowest BCUT2D eigenvalue weighted by molar-refractivity contribution is -0.119. The van der Waals surface area contributed by atoms with Gasteiger partial charge in [-0.15, -0.1) is 0 Å². The van der Waals surface area contributed by atoms with Crippen LogP contribution in [0.2, 0.25) is 0 Å². The minimum Gasteiger partial charge on any atom is -0.387 e. The second kappa shape index (κ2) is 4.40. The fourth-order valence-electron chi connectivity index (χ4n) is 2.38. The van der Waals surface area contributed by atoms with Gasteiger partial charge < -0.3 is 10.0 Å². The Morgan fingerprint density at radius 3 is 2.20 bits per heavy atom. The fraction of sp³-hybridized carbons (Fsp3) is 1.00. The standard InChI is InChI=1S/C12H26N2O/c1-11(2,3)8-12(15)9-14(10-12)7-6-13(4)5/h15H,6-10H2,1-5H3. The van der Waals surface area contributed by atoms with E-state index in [4.69, 9.17) is 0 Å². The summed E-state index contributed by atoms with van der Waals surface area (Å²) >= 11 is 0. The van der Waals surface area contributed by atoms with Gasteiger partial charge in [0.25, 0.3) is 0 Å². The van der Waals surface area contributed by atoms with Gasteiger partial charge in [-0.05, 0) is 25.9 Å². The van der Waals surface area contributed by atoms with Crippen LogP contribution in [0.15, 0.2) is 0 Å². The van der Waals surface area contributed by atoms with E-state index in [9.17, 15) is 5.11 Å². The molecule has 3 heteroatoms. The summed E-state index contributed by atoms with van der Waals surface area (Å²) in [4.78, 5) is 4.51. The van der Waals surface area contributed by atoms with Crippen molar-refractivity contribution in [3.63, 3.8) is 0 Å². The van der Waals surface area contributed by atoms with Crippen LogP contribution in [0, 0.1) is 5.41 Å². The maximum Gasteiger partial charge on any atom is 0.0905 e. The molecule has 90 valence electrons. The molecule has 1 aliphatic rings. The Labute approximate surface area is 94.1 Å². The zero-order chi connectivity index (χ0) is 11.7. The van der Waals surface area contributed by atoms with Gasteiger partial charge in [0.15, 0.2) is 0 Å². The summed E-state index contributed by atoms with van der Waals surface area (Å²) in [5, 5.41) is 10.2. The molecule has 15 heavy (non-hydrogen) atoms. The van der Waals surface area contributed by atoms with E-state index in [0.717, 1.165) is 32.6 Å². The molecule has 1 aliphatic heterocycles. The molecule has 0 aliphatic carbocycles. The highest BCUT2D eigenvalue weighted by atomic mass is 16.3. The predicted octanol–water partition coefficient (Wildman–Crippen LogP) is 1.03. The summed E-state index contributed by atoms with van der Waals surface area (Å²) < 4.78 is 0. The first kappa shape index (κ1) is 12.9. The predicted molar refractivity (Wildman–Crippen MR) is 64.0 cm³/mol. The summed E-state index contributed by atoms with van der Waals surface area (Å²) in [6, 6.07) is 0. The maximum atomic E-state index is 10.2. The molecule has 1 N–H and O–H groups in total. The highest BCUT2D eigenvalue weighted by Gasteiger charge is 2.42. The van der Waals surface area contributed by atoms with Crippen LogP contribution in [0.5, 0.6) is 0 Å². The zero-order valence-corrected chi connectivity index (χ0v) is 10.9. The van der Waals surface area contributed by atoms with Crippen LogP contribution < -0.4 is 0 Å². The Morgan fingerprint density at radius 2 is 1.80 bits per heavy atom. The number of nitrogens with zero attached hydrogens (tertiary/aromatic N) is 2. The monoisotopic (exact) mass is 214 g/mol. The zero-order valence-electron chi connectivity index (χ0n) is 10.9. The molecule has 3 nitrogen and oxygen atoms in total. The van der Waals surface area contributed by atoms with Crippen molar-refractivity contribution in [3.8, 4) is 0 Å². The van der Waals surface area contributed by atoms with E-state index >= 15 is 0 Å². The molecule has 0 spiro atoms. The summed E-state index contributed by atoms with van der Waals surface area (Å²) in [5.74, 6) is 0. The molecule has 0 radical (unpaired) electrons. The number of β-amino-alcohol motifs (C(OH)–C–C–N with tert-alkyl or cyclic N) is 1. The van der Waals surface area contributed by atoms with E-state index in [1.165, 1.54) is 0 Å². The van der Waals surface area contributed by atoms with Crippen LogP contribution in [0.1, 0.15) is 27.2 Å². The summed E-state index contributed by atoms with van der Waals surface area (Å²) in [5.41, 5.74) is -0.201. The third-order valence-corrected chi connectivity index (χ3v) is 2.76. The van der Waals surface area contributed by atoms with Gasteiger partial charge in [-0.1, -0.05) is 20.8 Å². The Hall–Kier alpha value is -0.120. The fourth-order valence-corrected chi connectivity index (χ4v) is 2.38. The lowest BCUT2D eigenvalue weighted by Crippen LogP contribution is -2.63. The molecule has 0 atom stereocenters. The largest absolute Gasteiger partial charge is 0.387 e. The number of rotatable bonds is 4. The van der Waals surface area contributed by atoms with E-state index < -0.39 is 5.60 Å². The topological polar surface area (TPSA) is 26.7 Å². The Morgan fingerprint density at radius 1 is 1.27 bits per heavy atom. The van der Waals surface area contributed by atoms with Crippen LogP contribution in [0.25, 0.3) is 0 Å². The molecule has 0 aromatic rings. The molecule has 1 saturated heterocycles. The molecule has 0 saturated carbocycles. The SMILES string of the molecule is CN(C)CCN1CC(O)(CC(C)(C)C)C1. The van der Waals surface area contributed by atoms with Crippen molar-refractivity contribution in [2.24, 2.45) is 5.41 Å². The molecule has 1 fully saturated rings. The lowest BCUT2D eigenvalue weighted by Gasteiger charge is -2.49. The minimum absolute atomic E-state index is 0.225. The van der Waals surface area contributed by atoms with Crippen molar-refractivity contribution in [2.45, 2.75) is 32.8 Å². The first-order valence-corrected chi connectivity index (χ1v) is 5.80. The van der Waals surface area contributed by atoms with E-state index in [1.54, 1.807) is 0 Å². The molecule has 1 rings (SSSR count). The highest BCUT2D eigenvalue weighted by molar-refractivity contribution is 4.97. The number of hydrogen-bond donors (Lipinski definition) is 1. The van der Waals surface area contributed by atoms with E-state index in [1.807, 2.05) is 0 Å². The molecule has 0 unspecified atom stereocenters. The van der Waals surface area contributed by atoms with Crippen LogP contribution >= 0.6 is 0 Å². The lowest BCUT2D eigenvalue weighted by atomic mass is 9.78. The van der Waals surface area contributed by atoms with Gasteiger partial charge in [0.05, 0.1) is 5.60 Å². The Kier molecular flexibility index (Phi) is 3.80. The van der Waals surface area contributed by atoms with Gasteiger partial charge in [-0.25, -0.2) is 0 Å². The maximum absolute atomic E-state index is 10.2. The quantitative estimate of drug-likeness (QED) is 0.757. The van der Waals surface area contributed by atoms with Gasteiger partial charge in [0.2, 0.25) is 0 Å². The van der Waals surface area contributed by atoms with E-state index in [-0.39, 0.29) is 5.41 Å². The second-order valence-corrected chi connectivity index (χ2v) is 6.48. The normalized spacial score (nSPS) is 21.8. The molecular formula is C12H26N2O. The Balaban J connectivity index is 2.23. The Bertz CT molecular complexity index is 202. The molecule has 0 aromatic carbocycles. The third-order valence-electron chi connectivity index (χ3n) is 2.76. The van der Waals surface area contributed by atoms with Gasteiger partial charge >= 0.3 is 0 Å². The second-order valence-electron chi connectivity index (χ2n) is 6.48. The minimum atomic E-state index is -0.426. The van der Waals surface area contributed by atoms with Crippen molar-refractivity contribution in [3.05, 3.63) is 0 Å². The van der Waals surface area contributed by atoms with Crippen LogP contribution in [0.3, 0.4) is 0 Å². The van der Waals surface area contributed by atoms with Gasteiger partial charge in [-0.3, -0.25) is 4.90 Å². The van der Waals surface area contributed by atoms with Crippen molar-refractivity contribution < 1.29 is 5.11 Å². The van der Waals surface area contributed by atoms with Crippen molar-refractivity contribution in [1.82, 2.24) is 9.80 Å².